The molecule has 2 heterocycles. The summed E-state index contributed by atoms with van der Waals surface area (Å²) >= 11 is 0. The van der Waals surface area contributed by atoms with Crippen molar-refractivity contribution >= 4 is 0 Å². The van der Waals surface area contributed by atoms with E-state index < -0.39 is 5.41 Å². The van der Waals surface area contributed by atoms with Gasteiger partial charge in [0.2, 0.25) is 0 Å². The van der Waals surface area contributed by atoms with Crippen LogP contribution in [0.2, 0.25) is 0 Å². The first-order valence-electron chi connectivity index (χ1n) is 14.5. The van der Waals surface area contributed by atoms with E-state index in [-0.39, 0.29) is 21.1 Å². The third-order valence-electron chi connectivity index (χ3n) is 8.44. The first-order chi connectivity index (χ1) is 21.3. The molecule has 7 aromatic rings. The Labute approximate surface area is 272 Å². The smallest absolute Gasteiger partial charge is 0.305 e. The molecule has 1 aliphatic rings. The number of hydrogen-bond donors (Lipinski definition) is 0. The Morgan fingerprint density at radius 3 is 1.57 bits per heavy atom. The molecule has 0 amide bonds. The van der Waals surface area contributed by atoms with Gasteiger partial charge in [0.05, 0.1) is 0 Å². The maximum absolute atomic E-state index is 4.88. The van der Waals surface area contributed by atoms with Crippen molar-refractivity contribution in [1.82, 2.24) is 9.97 Å². The van der Waals surface area contributed by atoms with E-state index in [2.05, 4.69) is 138 Å². The molecule has 0 spiro atoms. The van der Waals surface area contributed by atoms with Crippen LogP contribution in [0.4, 0.5) is 0 Å². The van der Waals surface area contributed by atoms with Crippen molar-refractivity contribution in [2.45, 2.75) is 5.41 Å². The molecule has 0 radical (unpaired) electrons. The van der Waals surface area contributed by atoms with E-state index in [0.29, 0.717) is 0 Å². The number of nitrogens with zero attached hydrogens (tertiary/aromatic N) is 2. The van der Waals surface area contributed by atoms with Gasteiger partial charge in [-0.2, -0.15) is 0 Å². The standard InChI is InChI=1S/C41H26N2.Pt/c1-2-12-29(13-3-1)32-23-24-40(43-28-32)31-15-11-17-34(27-31)41(33-16-10-14-30(26-33)39-22-8-9-25-42-39)37-20-6-4-18-35(37)36-19-5-7-21-38(36)41;/h1-25,28H;/q-2;+2. The summed E-state index contributed by atoms with van der Waals surface area (Å²) in [6.07, 6.45) is 3.78. The van der Waals surface area contributed by atoms with Crippen molar-refractivity contribution in [3.8, 4) is 44.8 Å². The summed E-state index contributed by atoms with van der Waals surface area (Å²) in [6, 6.07) is 58.5. The third-order valence-corrected chi connectivity index (χ3v) is 8.44. The zero-order valence-electron chi connectivity index (χ0n) is 23.7. The van der Waals surface area contributed by atoms with Crippen molar-refractivity contribution < 1.29 is 21.1 Å². The monoisotopic (exact) mass is 741 g/mol. The fourth-order valence-corrected chi connectivity index (χ4v) is 6.51. The van der Waals surface area contributed by atoms with Gasteiger partial charge in [-0.05, 0) is 50.8 Å². The summed E-state index contributed by atoms with van der Waals surface area (Å²) in [5.74, 6) is 0. The van der Waals surface area contributed by atoms with Gasteiger partial charge in [-0.3, -0.25) is 0 Å². The van der Waals surface area contributed by atoms with Gasteiger partial charge < -0.3 is 9.97 Å². The predicted octanol–water partition coefficient (Wildman–Crippen LogP) is 9.44. The zero-order valence-corrected chi connectivity index (χ0v) is 26.0. The molecule has 44 heavy (non-hydrogen) atoms. The fraction of sp³-hybridized carbons (Fsp3) is 0.0244. The molecule has 2 aromatic heterocycles. The van der Waals surface area contributed by atoms with Crippen molar-refractivity contribution in [3.63, 3.8) is 0 Å². The van der Waals surface area contributed by atoms with E-state index in [0.717, 1.165) is 44.8 Å². The van der Waals surface area contributed by atoms with Crippen LogP contribution in [-0.4, -0.2) is 9.97 Å². The number of benzene rings is 5. The Kier molecular flexibility index (Phi) is 7.38. The van der Waals surface area contributed by atoms with Crippen LogP contribution >= 0.6 is 0 Å². The largest absolute Gasteiger partial charge is 2.00 e. The minimum Gasteiger partial charge on any atom is -0.305 e. The molecule has 0 saturated carbocycles. The average molecular weight is 742 g/mol. The summed E-state index contributed by atoms with van der Waals surface area (Å²) in [5.41, 5.74) is 12.4. The van der Waals surface area contributed by atoms with Gasteiger partial charge >= 0.3 is 21.1 Å². The Bertz CT molecular complexity index is 2020. The zero-order chi connectivity index (χ0) is 28.6. The first-order valence-corrected chi connectivity index (χ1v) is 14.5. The van der Waals surface area contributed by atoms with Gasteiger partial charge in [0.15, 0.2) is 0 Å². The quantitative estimate of drug-likeness (QED) is 0.164. The Balaban J connectivity index is 0.00000312. The predicted molar refractivity (Wildman–Crippen MR) is 173 cm³/mol. The van der Waals surface area contributed by atoms with E-state index >= 15 is 0 Å². The molecular formula is C41H26N2Pt. The van der Waals surface area contributed by atoms with Crippen molar-refractivity contribution in [2.75, 3.05) is 0 Å². The normalized spacial score (nSPS) is 12.5. The molecule has 0 fully saturated rings. The van der Waals surface area contributed by atoms with Crippen molar-refractivity contribution in [1.29, 1.82) is 0 Å². The molecule has 5 aromatic carbocycles. The van der Waals surface area contributed by atoms with Crippen LogP contribution in [0.3, 0.4) is 0 Å². The van der Waals surface area contributed by atoms with Gasteiger partial charge in [0.25, 0.3) is 0 Å². The minimum atomic E-state index is -0.613. The Morgan fingerprint density at radius 2 is 1.00 bits per heavy atom. The van der Waals surface area contributed by atoms with Crippen LogP contribution in [0.25, 0.3) is 44.8 Å². The third kappa shape index (κ3) is 4.55. The molecule has 210 valence electrons. The maximum Gasteiger partial charge on any atom is 2.00 e. The number of hydrogen-bond acceptors (Lipinski definition) is 2. The van der Waals surface area contributed by atoms with Crippen LogP contribution in [0, 0.1) is 12.1 Å². The molecule has 2 nitrogen and oxygen atoms in total. The van der Waals surface area contributed by atoms with Crippen molar-refractivity contribution in [2.24, 2.45) is 0 Å². The van der Waals surface area contributed by atoms with E-state index in [9.17, 15) is 0 Å². The number of fused-ring (bicyclic) bond motifs is 3. The van der Waals surface area contributed by atoms with Gasteiger partial charge in [0, 0.05) is 17.8 Å². The molecule has 0 saturated heterocycles. The van der Waals surface area contributed by atoms with Crippen LogP contribution in [0.15, 0.2) is 158 Å². The van der Waals surface area contributed by atoms with Crippen LogP contribution in [-0.2, 0) is 26.5 Å². The number of rotatable bonds is 5. The molecule has 8 rings (SSSR count). The van der Waals surface area contributed by atoms with E-state index in [1.165, 1.54) is 22.3 Å². The second-order valence-electron chi connectivity index (χ2n) is 10.8. The SMILES string of the molecule is [Pt+2].[c-]1c(-c2ccccn2)cccc1C1(c2[c-]c(-c3ccc(-c4ccccc4)cn3)ccc2)c2ccccc2-c2ccccc21. The molecule has 0 atom stereocenters. The maximum atomic E-state index is 4.88. The topological polar surface area (TPSA) is 25.8 Å². The summed E-state index contributed by atoms with van der Waals surface area (Å²) in [5, 5.41) is 0. The van der Waals surface area contributed by atoms with Crippen LogP contribution in [0.5, 0.6) is 0 Å². The number of aromatic nitrogens is 2. The van der Waals surface area contributed by atoms with Gasteiger partial charge in [0.1, 0.15) is 0 Å². The second-order valence-corrected chi connectivity index (χ2v) is 10.8. The summed E-state index contributed by atoms with van der Waals surface area (Å²) in [4.78, 5) is 9.52. The average Bonchev–Trinajstić information content (AvgIpc) is 3.40. The van der Waals surface area contributed by atoms with E-state index in [1.54, 1.807) is 0 Å². The first kappa shape index (κ1) is 27.9. The summed E-state index contributed by atoms with van der Waals surface area (Å²) < 4.78 is 0. The van der Waals surface area contributed by atoms with Gasteiger partial charge in [-0.15, -0.1) is 70.8 Å². The molecule has 0 aliphatic heterocycles. The summed E-state index contributed by atoms with van der Waals surface area (Å²) in [7, 11) is 0. The Hall–Kier alpha value is -4.91. The number of pyridine rings is 2. The van der Waals surface area contributed by atoms with E-state index in [4.69, 9.17) is 4.98 Å². The summed E-state index contributed by atoms with van der Waals surface area (Å²) in [6.45, 7) is 0. The molecule has 0 N–H and O–H groups in total. The van der Waals surface area contributed by atoms with Crippen LogP contribution in [0.1, 0.15) is 22.3 Å². The molecule has 1 aliphatic carbocycles. The second kappa shape index (κ2) is 11.6. The van der Waals surface area contributed by atoms with Gasteiger partial charge in [-0.25, -0.2) is 0 Å². The van der Waals surface area contributed by atoms with Gasteiger partial charge in [-0.1, -0.05) is 103 Å². The molecule has 0 unspecified atom stereocenters. The fourth-order valence-electron chi connectivity index (χ4n) is 6.51. The van der Waals surface area contributed by atoms with Crippen LogP contribution < -0.4 is 0 Å². The Morgan fingerprint density at radius 1 is 0.432 bits per heavy atom. The molecule has 0 bridgehead atoms. The van der Waals surface area contributed by atoms with E-state index in [1.807, 2.05) is 36.7 Å². The van der Waals surface area contributed by atoms with Crippen molar-refractivity contribution in [3.05, 3.63) is 192 Å². The molecule has 3 heteroatoms. The molecular weight excluding hydrogens is 716 g/mol. The minimum absolute atomic E-state index is 0.